The number of rotatable bonds is 11. The van der Waals surface area contributed by atoms with E-state index in [-0.39, 0.29) is 36.0 Å². The monoisotopic (exact) mass is 492 g/mol. The zero-order valence-corrected chi connectivity index (χ0v) is 21.4. The summed E-state index contributed by atoms with van der Waals surface area (Å²) in [7, 11) is 0. The molecule has 0 aromatic heterocycles. The maximum Gasteiger partial charge on any atom is 0.243 e. The molecule has 1 N–H and O–H groups in total. The molecule has 184 valence electrons. The number of nitrogens with zero attached hydrogens (tertiary/aromatic N) is 1. The van der Waals surface area contributed by atoms with Crippen LogP contribution < -0.4 is 5.32 Å². The Hall–Kier alpha value is -3.12. The predicted octanol–water partition coefficient (Wildman–Crippen LogP) is 5.78. The molecule has 0 radical (unpaired) electrons. The van der Waals surface area contributed by atoms with E-state index in [1.165, 1.54) is 23.9 Å². The molecule has 3 aromatic rings. The molecule has 0 aliphatic carbocycles. The molecule has 0 aliphatic heterocycles. The van der Waals surface area contributed by atoms with Gasteiger partial charge in [-0.25, -0.2) is 4.39 Å². The molecular weight excluding hydrogens is 459 g/mol. The van der Waals surface area contributed by atoms with Crippen molar-refractivity contribution in [1.82, 2.24) is 10.2 Å². The summed E-state index contributed by atoms with van der Waals surface area (Å²) in [5.74, 6) is -0.456. The minimum absolute atomic E-state index is 0.00881. The Bertz CT molecular complexity index is 1090. The van der Waals surface area contributed by atoms with E-state index in [2.05, 4.69) is 5.32 Å². The van der Waals surface area contributed by atoms with Gasteiger partial charge < -0.3 is 10.2 Å². The van der Waals surface area contributed by atoms with Crippen molar-refractivity contribution >= 4 is 23.6 Å². The number of halogens is 1. The molecule has 35 heavy (non-hydrogen) atoms. The van der Waals surface area contributed by atoms with Crippen LogP contribution >= 0.6 is 11.8 Å². The van der Waals surface area contributed by atoms with Gasteiger partial charge in [-0.2, -0.15) is 0 Å². The van der Waals surface area contributed by atoms with Crippen molar-refractivity contribution in [2.24, 2.45) is 0 Å². The number of nitrogens with one attached hydrogen (secondary N) is 1. The van der Waals surface area contributed by atoms with Crippen molar-refractivity contribution in [2.45, 2.75) is 57.1 Å². The maximum atomic E-state index is 13.6. The first-order valence-electron chi connectivity index (χ1n) is 11.9. The molecule has 4 nitrogen and oxygen atoms in total. The first-order chi connectivity index (χ1) is 16.9. The number of amides is 2. The normalized spacial score (nSPS) is 12.6. The zero-order chi connectivity index (χ0) is 25.2. The number of hydrogen-bond acceptors (Lipinski definition) is 3. The van der Waals surface area contributed by atoms with Gasteiger partial charge in [-0.3, -0.25) is 9.59 Å². The fourth-order valence-electron chi connectivity index (χ4n) is 3.64. The molecule has 0 saturated heterocycles. The first-order valence-corrected chi connectivity index (χ1v) is 12.9. The standard InChI is InChI=1S/C29H33FN2O2S/c1-4-22(3)31-29(34)27(18-23-8-6-5-7-9-23)32(19-24-12-14-25(30)15-13-24)28(33)20-35-26-16-10-21(2)11-17-26/h5-17,22,27H,4,18-20H2,1-3H3,(H,31,34)/t22-,27-/m1/s1. The van der Waals surface area contributed by atoms with Gasteiger partial charge in [0.2, 0.25) is 11.8 Å². The number of hydrogen-bond donors (Lipinski definition) is 1. The van der Waals surface area contributed by atoms with Crippen molar-refractivity contribution in [3.8, 4) is 0 Å². The Balaban J connectivity index is 1.89. The topological polar surface area (TPSA) is 49.4 Å². The van der Waals surface area contributed by atoms with Gasteiger partial charge in [-0.05, 0) is 55.7 Å². The highest BCUT2D eigenvalue weighted by Gasteiger charge is 2.31. The van der Waals surface area contributed by atoms with Crippen LogP contribution in [0.25, 0.3) is 0 Å². The number of aryl methyl sites for hydroxylation is 1. The van der Waals surface area contributed by atoms with Crippen LogP contribution in [0.3, 0.4) is 0 Å². The average Bonchev–Trinajstić information content (AvgIpc) is 2.87. The fraction of sp³-hybridized carbons (Fsp3) is 0.310. The van der Waals surface area contributed by atoms with Gasteiger partial charge in [-0.15, -0.1) is 11.8 Å². The molecule has 0 heterocycles. The smallest absolute Gasteiger partial charge is 0.243 e. The highest BCUT2D eigenvalue weighted by atomic mass is 32.2. The van der Waals surface area contributed by atoms with Crippen molar-refractivity contribution < 1.29 is 14.0 Å². The molecule has 2 amide bonds. The highest BCUT2D eigenvalue weighted by Crippen LogP contribution is 2.22. The molecular formula is C29H33FN2O2S. The van der Waals surface area contributed by atoms with Gasteiger partial charge in [0.1, 0.15) is 11.9 Å². The van der Waals surface area contributed by atoms with Gasteiger partial charge in [0, 0.05) is 23.9 Å². The lowest BCUT2D eigenvalue weighted by Crippen LogP contribution is -2.52. The van der Waals surface area contributed by atoms with Crippen LogP contribution in [0, 0.1) is 12.7 Å². The van der Waals surface area contributed by atoms with Gasteiger partial charge in [0.25, 0.3) is 0 Å². The lowest BCUT2D eigenvalue weighted by Gasteiger charge is -2.32. The molecule has 0 bridgehead atoms. The zero-order valence-electron chi connectivity index (χ0n) is 20.5. The summed E-state index contributed by atoms with van der Waals surface area (Å²) in [6.07, 6.45) is 1.18. The molecule has 3 aromatic carbocycles. The van der Waals surface area contributed by atoms with Crippen LogP contribution in [0.5, 0.6) is 0 Å². The first kappa shape index (κ1) is 26.5. The van der Waals surface area contributed by atoms with Crippen LogP contribution in [0.1, 0.15) is 37.0 Å². The summed E-state index contributed by atoms with van der Waals surface area (Å²) in [4.78, 5) is 29.7. The van der Waals surface area contributed by atoms with E-state index in [0.29, 0.717) is 6.42 Å². The van der Waals surface area contributed by atoms with Crippen molar-refractivity contribution in [3.63, 3.8) is 0 Å². The van der Waals surface area contributed by atoms with Crippen molar-refractivity contribution in [3.05, 3.63) is 101 Å². The highest BCUT2D eigenvalue weighted by molar-refractivity contribution is 8.00. The molecule has 0 saturated carbocycles. The number of benzene rings is 3. The van der Waals surface area contributed by atoms with E-state index in [0.717, 1.165) is 28.0 Å². The van der Waals surface area contributed by atoms with Crippen molar-refractivity contribution in [2.75, 3.05) is 5.75 Å². The van der Waals surface area contributed by atoms with Gasteiger partial charge in [0.05, 0.1) is 5.75 Å². The summed E-state index contributed by atoms with van der Waals surface area (Å²) in [6, 6.07) is 23.1. The summed E-state index contributed by atoms with van der Waals surface area (Å²) < 4.78 is 13.5. The van der Waals surface area contributed by atoms with Gasteiger partial charge >= 0.3 is 0 Å². The minimum Gasteiger partial charge on any atom is -0.352 e. The Kier molecular flexibility index (Phi) is 9.91. The van der Waals surface area contributed by atoms with Gasteiger partial charge in [-0.1, -0.05) is 67.1 Å². The summed E-state index contributed by atoms with van der Waals surface area (Å²) >= 11 is 1.45. The Morgan fingerprint density at radius 2 is 1.60 bits per heavy atom. The average molecular weight is 493 g/mol. The maximum absolute atomic E-state index is 13.6. The number of thioether (sulfide) groups is 1. The lowest BCUT2D eigenvalue weighted by atomic mass is 10.0. The predicted molar refractivity (Wildman–Crippen MR) is 141 cm³/mol. The van der Waals surface area contributed by atoms with Crippen LogP contribution in [0.4, 0.5) is 4.39 Å². The molecule has 0 spiro atoms. The third kappa shape index (κ3) is 8.25. The van der Waals surface area contributed by atoms with E-state index >= 15 is 0 Å². The second-order valence-corrected chi connectivity index (χ2v) is 9.82. The van der Waals surface area contributed by atoms with E-state index in [4.69, 9.17) is 0 Å². The Labute approximate surface area is 211 Å². The van der Waals surface area contributed by atoms with E-state index < -0.39 is 6.04 Å². The largest absolute Gasteiger partial charge is 0.352 e. The molecule has 6 heteroatoms. The molecule has 0 aliphatic rings. The van der Waals surface area contributed by atoms with Gasteiger partial charge in [0.15, 0.2) is 0 Å². The van der Waals surface area contributed by atoms with Crippen LogP contribution in [0.15, 0.2) is 83.8 Å². The summed E-state index contributed by atoms with van der Waals surface area (Å²) in [5.41, 5.74) is 2.90. The quantitative estimate of drug-likeness (QED) is 0.345. The van der Waals surface area contributed by atoms with Crippen LogP contribution in [-0.2, 0) is 22.6 Å². The van der Waals surface area contributed by atoms with Crippen LogP contribution in [-0.4, -0.2) is 34.6 Å². The number of carbonyl (C=O) groups excluding carboxylic acids is 2. The Morgan fingerprint density at radius 1 is 0.943 bits per heavy atom. The van der Waals surface area contributed by atoms with E-state index in [9.17, 15) is 14.0 Å². The molecule has 0 unspecified atom stereocenters. The summed E-state index contributed by atoms with van der Waals surface area (Å²) in [6.45, 7) is 6.21. The molecule has 2 atom stereocenters. The second-order valence-electron chi connectivity index (χ2n) is 8.77. The summed E-state index contributed by atoms with van der Waals surface area (Å²) in [5, 5.41) is 3.06. The molecule has 3 rings (SSSR count). The minimum atomic E-state index is -0.692. The SMILES string of the molecule is CC[C@@H](C)NC(=O)[C@@H](Cc1ccccc1)N(Cc1ccc(F)cc1)C(=O)CSc1ccc(C)cc1. The number of carbonyl (C=O) groups is 2. The third-order valence-corrected chi connectivity index (χ3v) is 6.92. The lowest BCUT2D eigenvalue weighted by molar-refractivity contribution is -0.139. The fourth-order valence-corrected chi connectivity index (χ4v) is 4.43. The van der Waals surface area contributed by atoms with E-state index in [1.807, 2.05) is 75.4 Å². The Morgan fingerprint density at radius 3 is 2.23 bits per heavy atom. The van der Waals surface area contributed by atoms with E-state index in [1.54, 1.807) is 17.0 Å². The second kappa shape index (κ2) is 13.1. The van der Waals surface area contributed by atoms with Crippen LogP contribution in [0.2, 0.25) is 0 Å². The molecule has 0 fully saturated rings. The third-order valence-electron chi connectivity index (χ3n) is 5.92. The van der Waals surface area contributed by atoms with Crippen molar-refractivity contribution in [1.29, 1.82) is 0 Å².